The predicted octanol–water partition coefficient (Wildman–Crippen LogP) is 4.00. The number of carbonyl (C=O) groups excluding carboxylic acids is 2. The summed E-state index contributed by atoms with van der Waals surface area (Å²) in [4.78, 5) is 22.8. The Hall–Kier alpha value is -2.48. The summed E-state index contributed by atoms with van der Waals surface area (Å²) in [6.45, 7) is 1.87. The molecule has 188 valence electrons. The molecule has 0 amide bonds. The van der Waals surface area contributed by atoms with Crippen molar-refractivity contribution in [3.8, 4) is 0 Å². The van der Waals surface area contributed by atoms with Crippen molar-refractivity contribution in [1.82, 2.24) is 0 Å². The Kier molecular flexibility index (Phi) is 12.0. The number of rotatable bonds is 14. The summed E-state index contributed by atoms with van der Waals surface area (Å²) in [5, 5.41) is 21.2. The SMILES string of the molecule is COCc1cccc(C[C@H](O)/C=C/[C@@H]2C(CCCCCCC(=O)OC)=C(OC(C)=O)C[C@H]2O)c1. The second-order valence-corrected chi connectivity index (χ2v) is 8.74. The van der Waals surface area contributed by atoms with E-state index in [2.05, 4.69) is 4.74 Å². The van der Waals surface area contributed by atoms with Gasteiger partial charge in [-0.3, -0.25) is 9.59 Å². The standard InChI is InChI=1S/C27H38O7/c1-19(28)34-26-17-25(30)23(24(26)11-6-4-5-7-12-27(31)33-3)14-13-22(29)16-20-9-8-10-21(15-20)18-32-2/h8-10,13-15,22-23,25,29-30H,4-7,11-12,16-18H2,1-3H3/b14-13+/t22-,23-,25-/m1/s1. The third kappa shape index (κ3) is 9.41. The number of aliphatic hydroxyl groups excluding tert-OH is 2. The van der Waals surface area contributed by atoms with Crippen LogP contribution in [0.5, 0.6) is 0 Å². The fourth-order valence-corrected chi connectivity index (χ4v) is 4.31. The van der Waals surface area contributed by atoms with Crippen LogP contribution in [0.4, 0.5) is 0 Å². The Balaban J connectivity index is 1.98. The van der Waals surface area contributed by atoms with E-state index in [9.17, 15) is 19.8 Å². The van der Waals surface area contributed by atoms with Gasteiger partial charge in [-0.25, -0.2) is 0 Å². The van der Waals surface area contributed by atoms with Crippen molar-refractivity contribution in [3.05, 3.63) is 58.9 Å². The summed E-state index contributed by atoms with van der Waals surface area (Å²) in [5.74, 6) is -0.379. The molecule has 0 unspecified atom stereocenters. The molecule has 7 heteroatoms. The highest BCUT2D eigenvalue weighted by Gasteiger charge is 2.33. The van der Waals surface area contributed by atoms with Crippen LogP contribution in [0, 0.1) is 5.92 Å². The van der Waals surface area contributed by atoms with Crippen molar-refractivity contribution in [2.24, 2.45) is 5.92 Å². The summed E-state index contributed by atoms with van der Waals surface area (Å²) in [7, 11) is 3.04. The zero-order chi connectivity index (χ0) is 24.9. The van der Waals surface area contributed by atoms with Gasteiger partial charge in [-0.05, 0) is 36.0 Å². The second-order valence-electron chi connectivity index (χ2n) is 8.74. The highest BCUT2D eigenvalue weighted by atomic mass is 16.5. The summed E-state index contributed by atoms with van der Waals surface area (Å²) in [6, 6.07) is 7.89. The molecular formula is C27H38O7. The van der Waals surface area contributed by atoms with Crippen LogP contribution in [0.15, 0.2) is 47.7 Å². The molecular weight excluding hydrogens is 436 g/mol. The van der Waals surface area contributed by atoms with Gasteiger partial charge in [-0.15, -0.1) is 0 Å². The van der Waals surface area contributed by atoms with Gasteiger partial charge in [0.05, 0.1) is 25.9 Å². The van der Waals surface area contributed by atoms with Crippen LogP contribution in [-0.2, 0) is 36.8 Å². The number of aliphatic hydroxyl groups is 2. The van der Waals surface area contributed by atoms with Gasteiger partial charge in [0.15, 0.2) is 0 Å². The number of esters is 2. The van der Waals surface area contributed by atoms with Gasteiger partial charge in [0.25, 0.3) is 0 Å². The van der Waals surface area contributed by atoms with Crippen LogP contribution in [-0.4, -0.2) is 48.6 Å². The monoisotopic (exact) mass is 474 g/mol. The van der Waals surface area contributed by atoms with Gasteiger partial charge in [-0.2, -0.15) is 0 Å². The fraction of sp³-hybridized carbons (Fsp3) is 0.556. The van der Waals surface area contributed by atoms with Crippen LogP contribution in [0.2, 0.25) is 0 Å². The van der Waals surface area contributed by atoms with E-state index in [1.807, 2.05) is 30.3 Å². The van der Waals surface area contributed by atoms with Crippen LogP contribution in [0.1, 0.15) is 63.0 Å². The largest absolute Gasteiger partial charge is 0.469 e. The van der Waals surface area contributed by atoms with Crippen LogP contribution in [0.3, 0.4) is 0 Å². The molecule has 0 spiro atoms. The topological polar surface area (TPSA) is 102 Å². The molecule has 0 radical (unpaired) electrons. The number of benzene rings is 1. The average molecular weight is 475 g/mol. The van der Waals surface area contributed by atoms with E-state index in [1.54, 1.807) is 13.2 Å². The van der Waals surface area contributed by atoms with Crippen molar-refractivity contribution in [2.45, 2.75) is 77.1 Å². The maximum Gasteiger partial charge on any atom is 0.307 e. The molecule has 34 heavy (non-hydrogen) atoms. The molecule has 1 aromatic rings. The molecule has 1 aliphatic rings. The summed E-state index contributed by atoms with van der Waals surface area (Å²) in [5.41, 5.74) is 2.95. The zero-order valence-corrected chi connectivity index (χ0v) is 20.5. The van der Waals surface area contributed by atoms with E-state index >= 15 is 0 Å². The van der Waals surface area contributed by atoms with Gasteiger partial charge in [0.2, 0.25) is 0 Å². The van der Waals surface area contributed by atoms with E-state index in [1.165, 1.54) is 14.0 Å². The first-order valence-corrected chi connectivity index (χ1v) is 11.9. The molecule has 0 heterocycles. The van der Waals surface area contributed by atoms with Gasteiger partial charge in [-0.1, -0.05) is 49.3 Å². The van der Waals surface area contributed by atoms with Crippen molar-refractivity contribution in [3.63, 3.8) is 0 Å². The lowest BCUT2D eigenvalue weighted by Gasteiger charge is -2.16. The molecule has 1 aromatic carbocycles. The van der Waals surface area contributed by atoms with Gasteiger partial charge >= 0.3 is 11.9 Å². The second kappa shape index (κ2) is 14.7. The Morgan fingerprint density at radius 1 is 1.15 bits per heavy atom. The predicted molar refractivity (Wildman–Crippen MR) is 129 cm³/mol. The number of methoxy groups -OCH3 is 2. The minimum Gasteiger partial charge on any atom is -0.469 e. The van der Waals surface area contributed by atoms with Crippen LogP contribution in [0.25, 0.3) is 0 Å². The maximum atomic E-state index is 11.6. The van der Waals surface area contributed by atoms with Gasteiger partial charge in [0, 0.05) is 39.2 Å². The highest BCUT2D eigenvalue weighted by Crippen LogP contribution is 2.37. The van der Waals surface area contributed by atoms with E-state index in [4.69, 9.17) is 9.47 Å². The number of hydrogen-bond donors (Lipinski definition) is 2. The molecule has 0 saturated carbocycles. The fourth-order valence-electron chi connectivity index (χ4n) is 4.31. The molecule has 0 bridgehead atoms. The Labute approximate surface area is 202 Å². The Morgan fingerprint density at radius 3 is 2.59 bits per heavy atom. The molecule has 2 N–H and O–H groups in total. The van der Waals surface area contributed by atoms with Gasteiger partial charge < -0.3 is 24.4 Å². The average Bonchev–Trinajstić information content (AvgIpc) is 3.08. The lowest BCUT2D eigenvalue weighted by Crippen LogP contribution is -2.16. The molecule has 0 aliphatic heterocycles. The van der Waals surface area contributed by atoms with E-state index in [0.29, 0.717) is 31.6 Å². The minimum absolute atomic E-state index is 0.201. The van der Waals surface area contributed by atoms with Crippen molar-refractivity contribution < 1.29 is 34.0 Å². The van der Waals surface area contributed by atoms with Crippen LogP contribution < -0.4 is 0 Å². The molecule has 0 fully saturated rings. The molecule has 0 saturated heterocycles. The zero-order valence-electron chi connectivity index (χ0n) is 20.5. The maximum absolute atomic E-state index is 11.6. The molecule has 0 aromatic heterocycles. The Bertz CT molecular complexity index is 858. The third-order valence-electron chi connectivity index (χ3n) is 5.93. The first kappa shape index (κ1) is 27.8. The van der Waals surface area contributed by atoms with Crippen LogP contribution >= 0.6 is 0 Å². The van der Waals surface area contributed by atoms with E-state index in [0.717, 1.165) is 42.4 Å². The normalized spacial score (nSPS) is 19.0. The lowest BCUT2D eigenvalue weighted by molar-refractivity contribution is -0.140. The summed E-state index contributed by atoms with van der Waals surface area (Å²) >= 11 is 0. The summed E-state index contributed by atoms with van der Waals surface area (Å²) in [6.07, 6.45) is 7.40. The smallest absolute Gasteiger partial charge is 0.307 e. The number of ether oxygens (including phenoxy) is 3. The van der Waals surface area contributed by atoms with E-state index < -0.39 is 18.2 Å². The minimum atomic E-state index is -0.706. The molecule has 3 atom stereocenters. The number of carbonyl (C=O) groups is 2. The highest BCUT2D eigenvalue weighted by molar-refractivity contribution is 5.69. The third-order valence-corrected chi connectivity index (χ3v) is 5.93. The molecule has 1 aliphatic carbocycles. The quantitative estimate of drug-likeness (QED) is 0.239. The summed E-state index contributed by atoms with van der Waals surface area (Å²) < 4.78 is 15.2. The van der Waals surface area contributed by atoms with Gasteiger partial charge in [0.1, 0.15) is 5.76 Å². The molecule has 7 nitrogen and oxygen atoms in total. The van der Waals surface area contributed by atoms with Crippen molar-refractivity contribution in [1.29, 1.82) is 0 Å². The van der Waals surface area contributed by atoms with Crippen molar-refractivity contribution >= 4 is 11.9 Å². The number of hydrogen-bond acceptors (Lipinski definition) is 7. The Morgan fingerprint density at radius 2 is 1.88 bits per heavy atom. The lowest BCUT2D eigenvalue weighted by atomic mass is 9.93. The first-order valence-electron chi connectivity index (χ1n) is 11.9. The first-order chi connectivity index (χ1) is 16.3. The molecule has 2 rings (SSSR count). The van der Waals surface area contributed by atoms with E-state index in [-0.39, 0.29) is 18.3 Å². The number of unbranched alkanes of at least 4 members (excludes halogenated alkanes) is 3. The van der Waals surface area contributed by atoms with Crippen molar-refractivity contribution in [2.75, 3.05) is 14.2 Å².